The lowest BCUT2D eigenvalue weighted by atomic mass is 10.2. The molecule has 0 fully saturated rings. The molecule has 1 rings (SSSR count). The van der Waals surface area contributed by atoms with Crippen molar-refractivity contribution in [2.45, 2.75) is 13.0 Å². The van der Waals surface area contributed by atoms with E-state index in [1.165, 1.54) is 0 Å². The number of hydrogen-bond acceptors (Lipinski definition) is 4. The summed E-state index contributed by atoms with van der Waals surface area (Å²) in [6, 6.07) is 1.31. The zero-order chi connectivity index (χ0) is 10.6. The molecule has 0 bridgehead atoms. The van der Waals surface area contributed by atoms with E-state index in [0.717, 1.165) is 0 Å². The minimum absolute atomic E-state index is 0.145. The predicted octanol–water partition coefficient (Wildman–Crippen LogP) is 0.809. The molecule has 0 amide bonds. The lowest BCUT2D eigenvalue weighted by molar-refractivity contribution is 0.204. The van der Waals surface area contributed by atoms with Crippen molar-refractivity contribution in [3.63, 3.8) is 0 Å². The van der Waals surface area contributed by atoms with Crippen molar-refractivity contribution < 1.29 is 10.2 Å². The van der Waals surface area contributed by atoms with Crippen LogP contribution < -0.4 is 5.32 Å². The summed E-state index contributed by atoms with van der Waals surface area (Å²) in [4.78, 5) is 4.00. The van der Waals surface area contributed by atoms with Gasteiger partial charge in [0.2, 0.25) is 0 Å². The van der Waals surface area contributed by atoms with Crippen LogP contribution in [-0.4, -0.2) is 34.5 Å². The smallest absolute Gasteiger partial charge is 0.0849 e. The predicted molar refractivity (Wildman–Crippen MR) is 55.6 cm³/mol. The Morgan fingerprint density at radius 2 is 2.14 bits per heavy atom. The summed E-state index contributed by atoms with van der Waals surface area (Å²) in [5.41, 5.74) is 1.39. The lowest BCUT2D eigenvalue weighted by Gasteiger charge is -2.16. The van der Waals surface area contributed by atoms with Crippen molar-refractivity contribution in [2.75, 3.05) is 18.5 Å². The van der Waals surface area contributed by atoms with Gasteiger partial charge in [0.05, 0.1) is 35.7 Å². The summed E-state index contributed by atoms with van der Waals surface area (Å²) in [6.07, 6.45) is 1.62. The topological polar surface area (TPSA) is 65.4 Å². The molecule has 0 atom stereocenters. The second-order valence-electron chi connectivity index (χ2n) is 2.96. The van der Waals surface area contributed by atoms with Crippen molar-refractivity contribution >= 4 is 17.3 Å². The third-order valence-electron chi connectivity index (χ3n) is 1.86. The van der Waals surface area contributed by atoms with E-state index in [9.17, 15) is 0 Å². The molecule has 1 heterocycles. The molecule has 78 valence electrons. The van der Waals surface area contributed by atoms with Gasteiger partial charge in [-0.3, -0.25) is 4.98 Å². The third-order valence-corrected chi connectivity index (χ3v) is 2.34. The van der Waals surface area contributed by atoms with Gasteiger partial charge in [-0.05, 0) is 13.0 Å². The number of nitrogens with zero attached hydrogens (tertiary/aromatic N) is 1. The Morgan fingerprint density at radius 3 is 2.71 bits per heavy atom. The number of rotatable bonds is 4. The zero-order valence-corrected chi connectivity index (χ0v) is 8.62. The molecule has 0 aliphatic rings. The van der Waals surface area contributed by atoms with E-state index in [0.29, 0.717) is 16.4 Å². The Bertz CT molecular complexity index is 303. The fraction of sp³-hybridized carbons (Fsp3) is 0.444. The van der Waals surface area contributed by atoms with Crippen LogP contribution in [-0.2, 0) is 0 Å². The van der Waals surface area contributed by atoms with E-state index < -0.39 is 6.04 Å². The highest BCUT2D eigenvalue weighted by atomic mass is 35.5. The van der Waals surface area contributed by atoms with Crippen LogP contribution >= 0.6 is 11.6 Å². The van der Waals surface area contributed by atoms with Crippen LogP contribution in [0.25, 0.3) is 0 Å². The maximum atomic E-state index is 8.87. The van der Waals surface area contributed by atoms with Crippen LogP contribution in [0.5, 0.6) is 0 Å². The number of halogens is 1. The average Bonchev–Trinajstić information content (AvgIpc) is 2.20. The first kappa shape index (κ1) is 11.2. The van der Waals surface area contributed by atoms with E-state index in [1.54, 1.807) is 19.2 Å². The highest BCUT2D eigenvalue weighted by Crippen LogP contribution is 2.23. The van der Waals surface area contributed by atoms with Gasteiger partial charge in [0.25, 0.3) is 0 Å². The van der Waals surface area contributed by atoms with Crippen molar-refractivity contribution in [1.82, 2.24) is 4.98 Å². The molecular weight excluding hydrogens is 204 g/mol. The summed E-state index contributed by atoms with van der Waals surface area (Å²) in [6.45, 7) is 1.50. The Morgan fingerprint density at radius 1 is 1.50 bits per heavy atom. The van der Waals surface area contributed by atoms with E-state index in [-0.39, 0.29) is 13.2 Å². The summed E-state index contributed by atoms with van der Waals surface area (Å²) in [7, 11) is 0. The Balaban J connectivity index is 2.80. The molecule has 0 saturated heterocycles. The number of aromatic nitrogens is 1. The molecule has 5 heteroatoms. The summed E-state index contributed by atoms with van der Waals surface area (Å²) >= 11 is 5.96. The molecular formula is C9H13ClN2O2. The zero-order valence-electron chi connectivity index (χ0n) is 7.87. The first-order valence-corrected chi connectivity index (χ1v) is 4.66. The fourth-order valence-corrected chi connectivity index (χ4v) is 1.20. The number of hydrogen-bond donors (Lipinski definition) is 3. The Labute approximate surface area is 87.6 Å². The van der Waals surface area contributed by atoms with Crippen molar-refractivity contribution in [3.8, 4) is 0 Å². The van der Waals surface area contributed by atoms with E-state index >= 15 is 0 Å². The molecule has 0 aromatic carbocycles. The van der Waals surface area contributed by atoms with Gasteiger partial charge in [0.15, 0.2) is 0 Å². The number of aliphatic hydroxyl groups excluding tert-OH is 2. The Kier molecular flexibility index (Phi) is 4.13. The molecule has 3 N–H and O–H groups in total. The van der Waals surface area contributed by atoms with Crippen LogP contribution in [0.1, 0.15) is 5.69 Å². The van der Waals surface area contributed by atoms with Crippen molar-refractivity contribution in [3.05, 3.63) is 23.0 Å². The van der Waals surface area contributed by atoms with E-state index in [2.05, 4.69) is 10.3 Å². The first-order valence-electron chi connectivity index (χ1n) is 4.28. The minimum atomic E-state index is -0.394. The summed E-state index contributed by atoms with van der Waals surface area (Å²) in [5, 5.41) is 21.2. The number of pyridine rings is 1. The SMILES string of the molecule is Cc1nccc(NC(CO)CO)c1Cl. The maximum absolute atomic E-state index is 8.87. The number of nitrogens with one attached hydrogen (secondary N) is 1. The van der Waals surface area contributed by atoms with Crippen LogP contribution in [0.2, 0.25) is 5.02 Å². The molecule has 0 aliphatic carbocycles. The molecule has 14 heavy (non-hydrogen) atoms. The summed E-state index contributed by atoms with van der Waals surface area (Å²) < 4.78 is 0. The molecule has 0 saturated carbocycles. The fourth-order valence-electron chi connectivity index (χ4n) is 1.03. The molecule has 0 radical (unpaired) electrons. The van der Waals surface area contributed by atoms with Crippen LogP contribution in [0.15, 0.2) is 12.3 Å². The third kappa shape index (κ3) is 2.57. The first-order chi connectivity index (χ1) is 6.69. The second kappa shape index (κ2) is 5.14. The van der Waals surface area contributed by atoms with E-state index in [4.69, 9.17) is 21.8 Å². The molecule has 1 aromatic rings. The highest BCUT2D eigenvalue weighted by molar-refractivity contribution is 6.33. The van der Waals surface area contributed by atoms with Gasteiger partial charge in [-0.15, -0.1) is 0 Å². The average molecular weight is 217 g/mol. The van der Waals surface area contributed by atoms with Crippen LogP contribution in [0.4, 0.5) is 5.69 Å². The van der Waals surface area contributed by atoms with Crippen LogP contribution in [0, 0.1) is 6.92 Å². The second-order valence-corrected chi connectivity index (χ2v) is 3.34. The highest BCUT2D eigenvalue weighted by Gasteiger charge is 2.09. The van der Waals surface area contributed by atoms with Gasteiger partial charge >= 0.3 is 0 Å². The standard InChI is InChI=1S/C9H13ClN2O2/c1-6-9(10)8(2-3-11-6)12-7(4-13)5-14/h2-3,7,13-14H,4-5H2,1H3,(H,11,12). The maximum Gasteiger partial charge on any atom is 0.0849 e. The quantitative estimate of drug-likeness (QED) is 0.697. The number of aryl methyl sites for hydroxylation is 1. The Hall–Kier alpha value is -0.840. The summed E-state index contributed by atoms with van der Waals surface area (Å²) in [5.74, 6) is 0. The molecule has 0 spiro atoms. The monoisotopic (exact) mass is 216 g/mol. The molecule has 4 nitrogen and oxygen atoms in total. The van der Waals surface area contributed by atoms with Crippen molar-refractivity contribution in [1.29, 1.82) is 0 Å². The number of aliphatic hydroxyl groups is 2. The van der Waals surface area contributed by atoms with Gasteiger partial charge < -0.3 is 15.5 Å². The largest absolute Gasteiger partial charge is 0.394 e. The van der Waals surface area contributed by atoms with Gasteiger partial charge in [0, 0.05) is 6.20 Å². The van der Waals surface area contributed by atoms with Gasteiger partial charge in [-0.1, -0.05) is 11.6 Å². The van der Waals surface area contributed by atoms with Gasteiger partial charge in [-0.25, -0.2) is 0 Å². The lowest BCUT2D eigenvalue weighted by Crippen LogP contribution is -2.27. The normalized spacial score (nSPS) is 10.6. The number of anilines is 1. The van der Waals surface area contributed by atoms with Gasteiger partial charge in [0.1, 0.15) is 0 Å². The molecule has 1 aromatic heterocycles. The minimum Gasteiger partial charge on any atom is -0.394 e. The van der Waals surface area contributed by atoms with Crippen LogP contribution in [0.3, 0.4) is 0 Å². The van der Waals surface area contributed by atoms with Crippen molar-refractivity contribution in [2.24, 2.45) is 0 Å². The molecule has 0 unspecified atom stereocenters. The molecule has 0 aliphatic heterocycles. The van der Waals surface area contributed by atoms with E-state index in [1.807, 2.05) is 0 Å². The van der Waals surface area contributed by atoms with Gasteiger partial charge in [-0.2, -0.15) is 0 Å².